The van der Waals surface area contributed by atoms with Gasteiger partial charge >= 0.3 is 0 Å². The van der Waals surface area contributed by atoms with Crippen LogP contribution < -0.4 is 4.57 Å². The zero-order valence-electron chi connectivity index (χ0n) is 15.7. The first-order chi connectivity index (χ1) is 13.7. The average Bonchev–Trinajstić information content (AvgIpc) is 2.74. The van der Waals surface area contributed by atoms with Crippen LogP contribution in [0, 0.1) is 0 Å². The highest BCUT2D eigenvalue weighted by molar-refractivity contribution is 9.10. The predicted octanol–water partition coefficient (Wildman–Crippen LogP) is 6.78. The molecule has 1 heterocycles. The number of nitrogens with zero attached hydrogens (tertiary/aromatic N) is 1. The number of pyridine rings is 1. The standard InChI is InChI=1S/C26H21BrN/c1-28-19-24(21-8-4-2-5-9-21)18-23(26(28)22-10-6-3-7-11-22)15-12-20-13-16-25(27)17-14-20/h2-19H,1H3/q+1/b15-12+. The fraction of sp³-hybridized carbons (Fsp3) is 0.0385. The van der Waals surface area contributed by atoms with E-state index in [4.69, 9.17) is 0 Å². The number of hydrogen-bond acceptors (Lipinski definition) is 0. The van der Waals surface area contributed by atoms with Gasteiger partial charge in [-0.15, -0.1) is 0 Å². The summed E-state index contributed by atoms with van der Waals surface area (Å²) in [4.78, 5) is 0. The van der Waals surface area contributed by atoms with E-state index in [0.29, 0.717) is 0 Å². The molecule has 4 rings (SSSR count). The number of rotatable bonds is 4. The molecule has 136 valence electrons. The molecular weight excluding hydrogens is 406 g/mol. The maximum Gasteiger partial charge on any atom is 0.219 e. The molecule has 0 N–H and O–H groups in total. The Bertz CT molecular complexity index is 1100. The molecule has 0 bridgehead atoms. The van der Waals surface area contributed by atoms with Gasteiger partial charge in [-0.2, -0.15) is 4.57 Å². The summed E-state index contributed by atoms with van der Waals surface area (Å²) in [5.74, 6) is 0. The van der Waals surface area contributed by atoms with Crippen molar-refractivity contribution in [3.8, 4) is 22.4 Å². The second kappa shape index (κ2) is 8.37. The average molecular weight is 427 g/mol. The van der Waals surface area contributed by atoms with Crippen molar-refractivity contribution in [2.24, 2.45) is 7.05 Å². The van der Waals surface area contributed by atoms with Crippen LogP contribution in [0.3, 0.4) is 0 Å². The Kier molecular flexibility index (Phi) is 5.50. The van der Waals surface area contributed by atoms with Gasteiger partial charge in [0.25, 0.3) is 0 Å². The van der Waals surface area contributed by atoms with Crippen molar-refractivity contribution in [2.45, 2.75) is 0 Å². The second-order valence-corrected chi connectivity index (χ2v) is 7.68. The van der Waals surface area contributed by atoms with Crippen LogP contribution in [0.2, 0.25) is 0 Å². The summed E-state index contributed by atoms with van der Waals surface area (Å²) in [6, 6.07) is 31.7. The topological polar surface area (TPSA) is 3.88 Å². The zero-order chi connectivity index (χ0) is 19.3. The van der Waals surface area contributed by atoms with E-state index in [0.717, 1.165) is 4.47 Å². The van der Waals surface area contributed by atoms with Crippen molar-refractivity contribution in [1.29, 1.82) is 0 Å². The minimum atomic E-state index is 1.09. The third kappa shape index (κ3) is 4.13. The molecule has 1 nitrogen and oxygen atoms in total. The molecule has 0 saturated carbocycles. The van der Waals surface area contributed by atoms with E-state index in [1.54, 1.807) is 0 Å². The minimum absolute atomic E-state index is 1.09. The van der Waals surface area contributed by atoms with Crippen molar-refractivity contribution < 1.29 is 4.57 Å². The van der Waals surface area contributed by atoms with E-state index in [9.17, 15) is 0 Å². The molecule has 0 amide bonds. The van der Waals surface area contributed by atoms with Crippen LogP contribution in [0.4, 0.5) is 0 Å². The normalized spacial score (nSPS) is 11.1. The van der Waals surface area contributed by atoms with Gasteiger partial charge in [0.05, 0.1) is 0 Å². The highest BCUT2D eigenvalue weighted by atomic mass is 79.9. The Balaban J connectivity index is 1.85. The first-order valence-corrected chi connectivity index (χ1v) is 10.1. The first-order valence-electron chi connectivity index (χ1n) is 9.29. The molecule has 2 heteroatoms. The van der Waals surface area contributed by atoms with E-state index in [1.807, 2.05) is 0 Å². The molecule has 0 aliphatic rings. The summed E-state index contributed by atoms with van der Waals surface area (Å²) < 4.78 is 3.31. The smallest absolute Gasteiger partial charge is 0.200 e. The second-order valence-electron chi connectivity index (χ2n) is 6.76. The van der Waals surface area contributed by atoms with Gasteiger partial charge in [-0.3, -0.25) is 0 Å². The molecule has 28 heavy (non-hydrogen) atoms. The lowest BCUT2D eigenvalue weighted by Crippen LogP contribution is -2.31. The fourth-order valence-corrected chi connectivity index (χ4v) is 3.66. The lowest BCUT2D eigenvalue weighted by molar-refractivity contribution is -0.660. The lowest BCUT2D eigenvalue weighted by Gasteiger charge is -2.08. The van der Waals surface area contributed by atoms with E-state index in [1.165, 1.54) is 33.5 Å². The Morgan fingerprint density at radius 2 is 1.29 bits per heavy atom. The third-order valence-electron chi connectivity index (χ3n) is 4.75. The maximum atomic E-state index is 3.50. The van der Waals surface area contributed by atoms with Crippen molar-refractivity contribution in [2.75, 3.05) is 0 Å². The van der Waals surface area contributed by atoms with Crippen molar-refractivity contribution in [1.82, 2.24) is 0 Å². The number of benzene rings is 3. The highest BCUT2D eigenvalue weighted by Gasteiger charge is 2.17. The molecule has 4 aromatic rings. The van der Waals surface area contributed by atoms with Gasteiger partial charge in [-0.05, 0) is 47.5 Å². The van der Waals surface area contributed by atoms with Crippen LogP contribution in [0.25, 0.3) is 34.5 Å². The number of halogens is 1. The molecule has 0 unspecified atom stereocenters. The van der Waals surface area contributed by atoms with Crippen LogP contribution >= 0.6 is 15.9 Å². The Labute approximate surface area is 174 Å². The minimum Gasteiger partial charge on any atom is -0.200 e. The van der Waals surface area contributed by atoms with E-state index < -0.39 is 0 Å². The molecule has 0 radical (unpaired) electrons. The van der Waals surface area contributed by atoms with Gasteiger partial charge in [0.2, 0.25) is 5.69 Å². The fourth-order valence-electron chi connectivity index (χ4n) is 3.39. The summed E-state index contributed by atoms with van der Waals surface area (Å²) in [7, 11) is 2.12. The van der Waals surface area contributed by atoms with Crippen LogP contribution in [0.15, 0.2) is 102 Å². The third-order valence-corrected chi connectivity index (χ3v) is 5.28. The van der Waals surface area contributed by atoms with Crippen molar-refractivity contribution >= 4 is 28.1 Å². The monoisotopic (exact) mass is 426 g/mol. The molecule has 0 aliphatic heterocycles. The van der Waals surface area contributed by atoms with Gasteiger partial charge in [0.15, 0.2) is 6.20 Å². The quantitative estimate of drug-likeness (QED) is 0.316. The maximum absolute atomic E-state index is 3.50. The molecule has 0 saturated heterocycles. The van der Waals surface area contributed by atoms with Crippen LogP contribution in [-0.2, 0) is 7.05 Å². The van der Waals surface area contributed by atoms with Crippen LogP contribution in [0.5, 0.6) is 0 Å². The first kappa shape index (κ1) is 18.4. The zero-order valence-corrected chi connectivity index (χ0v) is 17.3. The summed E-state index contributed by atoms with van der Waals surface area (Å²) in [6.07, 6.45) is 6.58. The molecule has 0 aliphatic carbocycles. The molecule has 1 aromatic heterocycles. The summed E-state index contributed by atoms with van der Waals surface area (Å²) in [5.41, 5.74) is 7.20. The Morgan fingerprint density at radius 3 is 1.93 bits per heavy atom. The molecule has 0 spiro atoms. The predicted molar refractivity (Wildman–Crippen MR) is 122 cm³/mol. The van der Waals surface area contributed by atoms with Gasteiger partial charge in [0.1, 0.15) is 7.05 Å². The van der Waals surface area contributed by atoms with E-state index >= 15 is 0 Å². The number of hydrogen-bond donors (Lipinski definition) is 0. The van der Waals surface area contributed by atoms with E-state index in [-0.39, 0.29) is 0 Å². The van der Waals surface area contributed by atoms with Crippen LogP contribution in [0.1, 0.15) is 11.1 Å². The Hall–Kier alpha value is -2.97. The molecule has 0 atom stereocenters. The summed E-state index contributed by atoms with van der Waals surface area (Å²) in [5, 5.41) is 0. The van der Waals surface area contributed by atoms with Gasteiger partial charge < -0.3 is 0 Å². The van der Waals surface area contributed by atoms with Crippen molar-refractivity contribution in [3.63, 3.8) is 0 Å². The Morgan fingerprint density at radius 1 is 0.679 bits per heavy atom. The van der Waals surface area contributed by atoms with Crippen LogP contribution in [-0.4, -0.2) is 0 Å². The lowest BCUT2D eigenvalue weighted by atomic mass is 9.99. The van der Waals surface area contributed by atoms with Gasteiger partial charge in [0, 0.05) is 21.2 Å². The largest absolute Gasteiger partial charge is 0.219 e. The van der Waals surface area contributed by atoms with Crippen molar-refractivity contribution in [3.05, 3.63) is 113 Å². The summed E-state index contributed by atoms with van der Waals surface area (Å²) in [6.45, 7) is 0. The SMILES string of the molecule is C[n+]1cc(-c2ccccc2)cc(/C=C/c2ccc(Br)cc2)c1-c1ccccc1. The summed E-state index contributed by atoms with van der Waals surface area (Å²) >= 11 is 3.50. The number of aromatic nitrogens is 1. The molecular formula is C26H21BrN+. The molecule has 0 fully saturated rings. The van der Waals surface area contributed by atoms with Gasteiger partial charge in [-0.1, -0.05) is 82.7 Å². The van der Waals surface area contributed by atoms with E-state index in [2.05, 4.69) is 137 Å². The molecule has 3 aromatic carbocycles. The van der Waals surface area contributed by atoms with Gasteiger partial charge in [-0.25, -0.2) is 0 Å². The highest BCUT2D eigenvalue weighted by Crippen LogP contribution is 2.27. The number of aryl methyl sites for hydroxylation is 1.